The van der Waals surface area contributed by atoms with Crippen LogP contribution in [0.4, 0.5) is 0 Å². The van der Waals surface area contributed by atoms with Crippen LogP contribution in [0, 0.1) is 6.92 Å². The molecule has 2 unspecified atom stereocenters. The van der Waals surface area contributed by atoms with Gasteiger partial charge in [0.25, 0.3) is 0 Å². The Morgan fingerprint density at radius 1 is 1.39 bits per heavy atom. The van der Waals surface area contributed by atoms with Gasteiger partial charge < -0.3 is 20.2 Å². The van der Waals surface area contributed by atoms with E-state index in [0.29, 0.717) is 6.54 Å². The molecule has 0 bridgehead atoms. The van der Waals surface area contributed by atoms with Crippen molar-refractivity contribution in [2.45, 2.75) is 31.8 Å². The van der Waals surface area contributed by atoms with Gasteiger partial charge in [-0.2, -0.15) is 0 Å². The summed E-state index contributed by atoms with van der Waals surface area (Å²) in [5.74, 6) is 1.59. The molecule has 3 N–H and O–H groups in total. The third-order valence-electron chi connectivity index (χ3n) is 3.82. The molecule has 1 aromatic heterocycles. The highest BCUT2D eigenvalue weighted by molar-refractivity contribution is 5.85. The summed E-state index contributed by atoms with van der Waals surface area (Å²) >= 11 is 0. The molecule has 1 fully saturated rings. The first-order valence-corrected chi connectivity index (χ1v) is 7.44. The van der Waals surface area contributed by atoms with E-state index in [1.54, 1.807) is 0 Å². The van der Waals surface area contributed by atoms with Gasteiger partial charge in [0.2, 0.25) is 5.91 Å². The third-order valence-corrected chi connectivity index (χ3v) is 3.82. The average Bonchev–Trinajstić information content (AvgIpc) is 3.11. The van der Waals surface area contributed by atoms with Crippen molar-refractivity contribution in [1.82, 2.24) is 10.2 Å². The predicted molar refractivity (Wildman–Crippen MR) is 94.4 cm³/mol. The van der Waals surface area contributed by atoms with Crippen molar-refractivity contribution in [3.63, 3.8) is 0 Å². The second kappa shape index (κ2) is 10.9. The number of likely N-dealkylation sites (tertiary alicyclic amines) is 1. The maximum Gasteiger partial charge on any atom is 0.239 e. The average molecular weight is 368 g/mol. The summed E-state index contributed by atoms with van der Waals surface area (Å²) in [6.45, 7) is 4.72. The standard InChI is InChI=1S/C15H25N3O3.2ClH/c1-11-5-6-14(21-11)13(18-7-3-4-8-18)9-17-15(19)12(16)10-20-2;;/h5-6,12-13H,3-4,7-10,16H2,1-2H3,(H,17,19);2*1H. The van der Waals surface area contributed by atoms with Crippen LogP contribution in [0.1, 0.15) is 30.4 Å². The molecule has 134 valence electrons. The number of furan rings is 1. The van der Waals surface area contributed by atoms with Crippen molar-refractivity contribution in [3.05, 3.63) is 23.7 Å². The van der Waals surface area contributed by atoms with Crippen molar-refractivity contribution in [1.29, 1.82) is 0 Å². The largest absolute Gasteiger partial charge is 0.465 e. The third kappa shape index (κ3) is 6.31. The summed E-state index contributed by atoms with van der Waals surface area (Å²) in [7, 11) is 1.53. The molecular formula is C15H27Cl2N3O3. The number of nitrogens with two attached hydrogens (primary N) is 1. The van der Waals surface area contributed by atoms with Gasteiger partial charge in [0, 0.05) is 13.7 Å². The molecule has 1 aromatic rings. The lowest BCUT2D eigenvalue weighted by atomic mass is 10.2. The number of rotatable bonds is 7. The number of aryl methyl sites for hydroxylation is 1. The van der Waals surface area contributed by atoms with Gasteiger partial charge in [-0.25, -0.2) is 0 Å². The maximum atomic E-state index is 11.9. The maximum absolute atomic E-state index is 11.9. The molecule has 6 nitrogen and oxygen atoms in total. The normalized spacial score (nSPS) is 17.0. The van der Waals surface area contributed by atoms with E-state index >= 15 is 0 Å². The van der Waals surface area contributed by atoms with Gasteiger partial charge in [-0.3, -0.25) is 9.69 Å². The van der Waals surface area contributed by atoms with E-state index in [1.807, 2.05) is 19.1 Å². The van der Waals surface area contributed by atoms with Crippen molar-refractivity contribution in [3.8, 4) is 0 Å². The lowest BCUT2D eigenvalue weighted by molar-refractivity contribution is -0.123. The van der Waals surface area contributed by atoms with Gasteiger partial charge >= 0.3 is 0 Å². The molecule has 0 radical (unpaired) electrons. The summed E-state index contributed by atoms with van der Waals surface area (Å²) < 4.78 is 10.7. The van der Waals surface area contributed by atoms with Crippen LogP contribution in [0.25, 0.3) is 0 Å². The number of amides is 1. The zero-order valence-corrected chi connectivity index (χ0v) is 15.3. The minimum Gasteiger partial charge on any atom is -0.465 e. The van der Waals surface area contributed by atoms with Crippen molar-refractivity contribution >= 4 is 30.7 Å². The van der Waals surface area contributed by atoms with E-state index in [1.165, 1.54) is 20.0 Å². The van der Waals surface area contributed by atoms with Crippen molar-refractivity contribution < 1.29 is 13.9 Å². The Kier molecular flexibility index (Phi) is 10.5. The number of carbonyl (C=O) groups excluding carboxylic acids is 1. The molecule has 23 heavy (non-hydrogen) atoms. The van der Waals surface area contributed by atoms with E-state index in [9.17, 15) is 4.79 Å². The van der Waals surface area contributed by atoms with Crippen LogP contribution in [-0.2, 0) is 9.53 Å². The number of nitrogens with zero attached hydrogens (tertiary/aromatic N) is 1. The fourth-order valence-corrected chi connectivity index (χ4v) is 2.68. The number of hydrogen-bond acceptors (Lipinski definition) is 5. The first-order chi connectivity index (χ1) is 10.1. The number of methoxy groups -OCH3 is 1. The van der Waals surface area contributed by atoms with Crippen LogP contribution in [0.2, 0.25) is 0 Å². The molecule has 0 saturated carbocycles. The number of carbonyl (C=O) groups is 1. The minimum atomic E-state index is -0.632. The van der Waals surface area contributed by atoms with Gasteiger partial charge in [-0.15, -0.1) is 24.8 Å². The van der Waals surface area contributed by atoms with E-state index in [2.05, 4.69) is 10.2 Å². The Hall–Kier alpha value is -0.790. The summed E-state index contributed by atoms with van der Waals surface area (Å²) in [5.41, 5.74) is 5.74. The highest BCUT2D eigenvalue weighted by Gasteiger charge is 2.27. The van der Waals surface area contributed by atoms with Gasteiger partial charge in [0.05, 0.1) is 12.6 Å². The molecule has 1 amide bonds. The molecule has 0 spiro atoms. The quantitative estimate of drug-likeness (QED) is 0.765. The van der Waals surface area contributed by atoms with E-state index < -0.39 is 6.04 Å². The molecule has 2 heterocycles. The SMILES string of the molecule is COCC(N)C(=O)NCC(c1ccc(C)o1)N1CCCC1.Cl.Cl. The monoisotopic (exact) mass is 367 g/mol. The van der Waals surface area contributed by atoms with Crippen LogP contribution >= 0.6 is 24.8 Å². The van der Waals surface area contributed by atoms with Gasteiger partial charge in [-0.1, -0.05) is 0 Å². The Balaban J connectivity index is 0.00000242. The summed E-state index contributed by atoms with van der Waals surface area (Å²) in [6.07, 6.45) is 2.38. The second-order valence-corrected chi connectivity index (χ2v) is 5.51. The van der Waals surface area contributed by atoms with Gasteiger partial charge in [-0.05, 0) is 45.0 Å². The van der Waals surface area contributed by atoms with Gasteiger partial charge in [0.1, 0.15) is 17.6 Å². The highest BCUT2D eigenvalue weighted by atomic mass is 35.5. The van der Waals surface area contributed by atoms with Crippen LogP contribution in [0.5, 0.6) is 0 Å². The lowest BCUT2D eigenvalue weighted by Gasteiger charge is -2.26. The molecule has 0 aliphatic carbocycles. The highest BCUT2D eigenvalue weighted by Crippen LogP contribution is 2.26. The number of nitrogens with one attached hydrogen (secondary N) is 1. The molecule has 2 atom stereocenters. The summed E-state index contributed by atoms with van der Waals surface area (Å²) in [6, 6.07) is 3.38. The molecule has 2 rings (SSSR count). The van der Waals surface area contributed by atoms with Crippen LogP contribution in [-0.4, -0.2) is 50.2 Å². The van der Waals surface area contributed by atoms with Crippen molar-refractivity contribution in [2.24, 2.45) is 5.73 Å². The Bertz CT molecular complexity index is 465. The Morgan fingerprint density at radius 2 is 2.04 bits per heavy atom. The zero-order valence-electron chi connectivity index (χ0n) is 13.6. The van der Waals surface area contributed by atoms with Crippen LogP contribution < -0.4 is 11.1 Å². The molecule has 1 aliphatic rings. The first kappa shape index (κ1) is 22.2. The summed E-state index contributed by atoms with van der Waals surface area (Å²) in [5, 5.41) is 2.91. The van der Waals surface area contributed by atoms with Crippen LogP contribution in [0.15, 0.2) is 16.5 Å². The number of hydrogen-bond donors (Lipinski definition) is 2. The molecule has 0 aromatic carbocycles. The topological polar surface area (TPSA) is 80.7 Å². The van der Waals surface area contributed by atoms with Gasteiger partial charge in [0.15, 0.2) is 0 Å². The molecule has 1 aliphatic heterocycles. The number of ether oxygens (including phenoxy) is 1. The fourth-order valence-electron chi connectivity index (χ4n) is 2.68. The van der Waals surface area contributed by atoms with E-state index in [4.69, 9.17) is 14.9 Å². The lowest BCUT2D eigenvalue weighted by Crippen LogP contribution is -2.46. The number of halogens is 2. The zero-order chi connectivity index (χ0) is 15.2. The minimum absolute atomic E-state index is 0. The van der Waals surface area contributed by atoms with E-state index in [0.717, 1.165) is 24.6 Å². The molecular weight excluding hydrogens is 341 g/mol. The van der Waals surface area contributed by atoms with E-state index in [-0.39, 0.29) is 43.4 Å². The molecule has 1 saturated heterocycles. The Labute approximate surface area is 149 Å². The predicted octanol–water partition coefficient (Wildman–Crippen LogP) is 1.66. The smallest absolute Gasteiger partial charge is 0.239 e. The van der Waals surface area contributed by atoms with Crippen molar-refractivity contribution in [2.75, 3.05) is 33.4 Å². The van der Waals surface area contributed by atoms with Crippen LogP contribution in [0.3, 0.4) is 0 Å². The molecule has 8 heteroatoms. The Morgan fingerprint density at radius 3 is 2.57 bits per heavy atom. The first-order valence-electron chi connectivity index (χ1n) is 7.44. The summed E-state index contributed by atoms with van der Waals surface area (Å²) in [4.78, 5) is 14.3. The fraction of sp³-hybridized carbons (Fsp3) is 0.667. The second-order valence-electron chi connectivity index (χ2n) is 5.51.